The first-order valence-electron chi connectivity index (χ1n) is 14.4. The number of ether oxygens (including phenoxy) is 4. The summed E-state index contributed by atoms with van der Waals surface area (Å²) in [6, 6.07) is 17.0. The van der Waals surface area contributed by atoms with Crippen LogP contribution in [0.15, 0.2) is 67.1 Å². The quantitative estimate of drug-likeness (QED) is 0.355. The molecule has 222 valence electrons. The van der Waals surface area contributed by atoms with E-state index >= 15 is 0 Å². The van der Waals surface area contributed by atoms with Crippen molar-refractivity contribution in [3.63, 3.8) is 0 Å². The number of hydrogen-bond acceptors (Lipinski definition) is 7. The molecule has 0 radical (unpaired) electrons. The average Bonchev–Trinajstić information content (AvgIpc) is 3.57. The predicted molar refractivity (Wildman–Crippen MR) is 159 cm³/mol. The van der Waals surface area contributed by atoms with Gasteiger partial charge in [0.05, 0.1) is 39.4 Å². The van der Waals surface area contributed by atoms with Crippen LogP contribution < -0.4 is 24.3 Å². The highest BCUT2D eigenvalue weighted by Crippen LogP contribution is 2.44. The van der Waals surface area contributed by atoms with E-state index in [-0.39, 0.29) is 11.8 Å². The third-order valence-corrected chi connectivity index (χ3v) is 7.81. The Morgan fingerprint density at radius 1 is 1.00 bits per heavy atom. The Kier molecular flexibility index (Phi) is 8.17. The van der Waals surface area contributed by atoms with Crippen LogP contribution in [0, 0.1) is 0 Å². The number of aromatic amines is 1. The molecule has 2 amide bonds. The molecular weight excluding hydrogens is 548 g/mol. The number of nitrogens with one attached hydrogen (secondary N) is 2. The lowest BCUT2D eigenvalue weighted by Crippen LogP contribution is -2.40. The van der Waals surface area contributed by atoms with Crippen molar-refractivity contribution in [1.29, 1.82) is 0 Å². The minimum absolute atomic E-state index is 0.0192. The predicted octanol–water partition coefficient (Wildman–Crippen LogP) is 4.84. The SMILES string of the molecule is COc1ccc2cc1OCCCNC(=O)CCc1cccc(c1)Oc1cc3c(cc1OC)C2N(C(=O)c1cnc[nH]1)CC3. The Morgan fingerprint density at radius 2 is 1.88 bits per heavy atom. The molecule has 3 aromatic carbocycles. The second-order valence-corrected chi connectivity index (χ2v) is 10.5. The lowest BCUT2D eigenvalue weighted by molar-refractivity contribution is -0.121. The number of carbonyl (C=O) groups excluding carboxylic acids is 2. The molecule has 3 aliphatic heterocycles. The van der Waals surface area contributed by atoms with Gasteiger partial charge in [-0.1, -0.05) is 18.2 Å². The molecular formula is C33H34N4O6. The van der Waals surface area contributed by atoms with Gasteiger partial charge in [-0.15, -0.1) is 0 Å². The average molecular weight is 583 g/mol. The number of rotatable bonds is 3. The van der Waals surface area contributed by atoms with E-state index in [1.807, 2.05) is 59.5 Å². The molecule has 4 aromatic rings. The Balaban J connectivity index is 1.47. The fourth-order valence-corrected chi connectivity index (χ4v) is 5.67. The highest BCUT2D eigenvalue weighted by molar-refractivity contribution is 5.93. The van der Waals surface area contributed by atoms with Crippen LogP contribution in [-0.2, 0) is 17.6 Å². The fraction of sp³-hybridized carbons (Fsp3) is 0.303. The molecule has 8 bridgehead atoms. The van der Waals surface area contributed by atoms with Crippen LogP contribution in [0.4, 0.5) is 0 Å². The number of hydrogen-bond donors (Lipinski definition) is 2. The number of nitrogens with zero attached hydrogens (tertiary/aromatic N) is 2. The third kappa shape index (κ3) is 5.99. The molecule has 7 rings (SSSR count). The lowest BCUT2D eigenvalue weighted by Gasteiger charge is -2.38. The summed E-state index contributed by atoms with van der Waals surface area (Å²) in [5.41, 5.74) is 4.26. The Bertz CT molecular complexity index is 1620. The van der Waals surface area contributed by atoms with Gasteiger partial charge >= 0.3 is 0 Å². The highest BCUT2D eigenvalue weighted by Gasteiger charge is 2.35. The second-order valence-electron chi connectivity index (χ2n) is 10.5. The molecule has 1 atom stereocenters. The van der Waals surface area contributed by atoms with Gasteiger partial charge in [-0.25, -0.2) is 4.98 Å². The Hall–Kier alpha value is -4.99. The van der Waals surface area contributed by atoms with Crippen LogP contribution in [-0.4, -0.2) is 60.6 Å². The molecule has 2 N–H and O–H groups in total. The van der Waals surface area contributed by atoms with Crippen LogP contribution in [0.2, 0.25) is 0 Å². The minimum Gasteiger partial charge on any atom is -0.493 e. The van der Waals surface area contributed by atoms with E-state index in [0.717, 1.165) is 22.3 Å². The second kappa shape index (κ2) is 12.5. The van der Waals surface area contributed by atoms with Crippen molar-refractivity contribution in [3.8, 4) is 28.7 Å². The first-order valence-corrected chi connectivity index (χ1v) is 14.4. The first-order chi connectivity index (χ1) is 21.0. The summed E-state index contributed by atoms with van der Waals surface area (Å²) in [5.74, 6) is 2.75. The Morgan fingerprint density at radius 3 is 2.70 bits per heavy atom. The summed E-state index contributed by atoms with van der Waals surface area (Å²) in [4.78, 5) is 35.1. The minimum atomic E-state index is -0.441. The monoisotopic (exact) mass is 582 g/mol. The number of amides is 2. The van der Waals surface area contributed by atoms with Gasteiger partial charge < -0.3 is 34.1 Å². The maximum atomic E-state index is 13.8. The van der Waals surface area contributed by atoms with Gasteiger partial charge in [0.25, 0.3) is 5.91 Å². The van der Waals surface area contributed by atoms with E-state index in [1.165, 1.54) is 12.5 Å². The van der Waals surface area contributed by atoms with Gasteiger partial charge in [-0.3, -0.25) is 9.59 Å². The van der Waals surface area contributed by atoms with Crippen LogP contribution in [0.25, 0.3) is 0 Å². The molecule has 0 aliphatic carbocycles. The van der Waals surface area contributed by atoms with Gasteiger partial charge in [0, 0.05) is 19.5 Å². The summed E-state index contributed by atoms with van der Waals surface area (Å²) in [6.45, 7) is 1.36. The maximum absolute atomic E-state index is 13.8. The van der Waals surface area contributed by atoms with Crippen molar-refractivity contribution in [1.82, 2.24) is 20.2 Å². The van der Waals surface area contributed by atoms with Gasteiger partial charge in [0.1, 0.15) is 11.4 Å². The highest BCUT2D eigenvalue weighted by atomic mass is 16.5. The standard InChI is InChI=1S/C33H34N4O6/c1-40-27-9-8-23-17-29(27)42-14-4-12-35-31(38)10-7-21-5-3-6-24(15-21)43-30-16-22-11-13-37(33(39)26-19-34-20-36-26)32(23)25(22)18-28(30)41-2/h3,5-6,8-9,15-20,32H,4,7,10-14H2,1-2H3,(H,34,36)(H,35,38). The Labute approximate surface area is 249 Å². The largest absolute Gasteiger partial charge is 0.493 e. The van der Waals surface area contributed by atoms with Crippen LogP contribution >= 0.6 is 0 Å². The number of aryl methyl sites for hydroxylation is 1. The van der Waals surface area contributed by atoms with Crippen molar-refractivity contribution in [2.45, 2.75) is 31.7 Å². The van der Waals surface area contributed by atoms with Gasteiger partial charge in [0.2, 0.25) is 5.91 Å². The summed E-state index contributed by atoms with van der Waals surface area (Å²) in [7, 11) is 3.20. The number of benzene rings is 3. The number of fused-ring (bicyclic) bond motifs is 8. The number of aromatic nitrogens is 2. The molecule has 43 heavy (non-hydrogen) atoms. The van der Waals surface area contributed by atoms with E-state index in [0.29, 0.717) is 79.8 Å². The molecule has 0 saturated heterocycles. The zero-order valence-corrected chi connectivity index (χ0v) is 24.2. The van der Waals surface area contributed by atoms with Crippen molar-refractivity contribution >= 4 is 11.8 Å². The van der Waals surface area contributed by atoms with E-state index in [1.54, 1.807) is 14.2 Å². The molecule has 0 saturated carbocycles. The molecule has 10 heteroatoms. The van der Waals surface area contributed by atoms with Crippen LogP contribution in [0.3, 0.4) is 0 Å². The van der Waals surface area contributed by atoms with Crippen molar-refractivity contribution in [2.75, 3.05) is 33.9 Å². The van der Waals surface area contributed by atoms with Gasteiger partial charge in [-0.05, 0) is 77.9 Å². The zero-order valence-electron chi connectivity index (χ0n) is 24.2. The van der Waals surface area contributed by atoms with E-state index in [4.69, 9.17) is 18.9 Å². The van der Waals surface area contributed by atoms with Crippen LogP contribution in [0.5, 0.6) is 28.7 Å². The van der Waals surface area contributed by atoms with E-state index in [9.17, 15) is 9.59 Å². The number of H-pyrrole nitrogens is 1. The molecule has 4 heterocycles. The summed E-state index contributed by atoms with van der Waals surface area (Å²) < 4.78 is 23.9. The summed E-state index contributed by atoms with van der Waals surface area (Å²) in [6.07, 6.45) is 5.25. The fourth-order valence-electron chi connectivity index (χ4n) is 5.67. The molecule has 0 spiro atoms. The van der Waals surface area contributed by atoms with Crippen LogP contribution in [0.1, 0.15) is 51.6 Å². The maximum Gasteiger partial charge on any atom is 0.272 e. The van der Waals surface area contributed by atoms with Gasteiger partial charge in [0.15, 0.2) is 23.0 Å². The number of imidazole rings is 1. The third-order valence-electron chi connectivity index (χ3n) is 7.81. The zero-order chi connectivity index (χ0) is 29.8. The molecule has 0 fully saturated rings. The molecule has 1 unspecified atom stereocenters. The number of methoxy groups -OCH3 is 2. The lowest BCUT2D eigenvalue weighted by atomic mass is 9.87. The smallest absolute Gasteiger partial charge is 0.272 e. The van der Waals surface area contributed by atoms with Crippen molar-refractivity contribution < 1.29 is 28.5 Å². The summed E-state index contributed by atoms with van der Waals surface area (Å²) >= 11 is 0. The molecule has 10 nitrogen and oxygen atoms in total. The van der Waals surface area contributed by atoms with E-state index < -0.39 is 6.04 Å². The van der Waals surface area contributed by atoms with Gasteiger partial charge in [-0.2, -0.15) is 0 Å². The molecule has 1 aromatic heterocycles. The van der Waals surface area contributed by atoms with E-state index in [2.05, 4.69) is 15.3 Å². The topological polar surface area (TPSA) is 115 Å². The normalized spacial score (nSPS) is 16.8. The summed E-state index contributed by atoms with van der Waals surface area (Å²) in [5, 5.41) is 2.97. The van der Waals surface area contributed by atoms with Crippen molar-refractivity contribution in [3.05, 3.63) is 95.1 Å². The van der Waals surface area contributed by atoms with Crippen molar-refractivity contribution in [2.24, 2.45) is 0 Å². The number of carbonyl (C=O) groups is 2. The molecule has 3 aliphatic rings. The first kappa shape index (κ1) is 28.1.